The van der Waals surface area contributed by atoms with Gasteiger partial charge in [-0.25, -0.2) is 8.42 Å². The molecule has 1 atom stereocenters. The number of benzene rings is 1. The van der Waals surface area contributed by atoms with E-state index in [4.69, 9.17) is 9.15 Å². The first-order valence-corrected chi connectivity index (χ1v) is 10.4. The van der Waals surface area contributed by atoms with Crippen LogP contribution >= 0.6 is 15.9 Å². The van der Waals surface area contributed by atoms with E-state index in [-0.39, 0.29) is 35.8 Å². The van der Waals surface area contributed by atoms with Crippen molar-refractivity contribution < 1.29 is 22.4 Å². The molecular formula is C17H18BrNO5S. The molecule has 2 aromatic rings. The first kappa shape index (κ1) is 18.0. The number of furan rings is 1. The number of halogens is 1. The number of rotatable bonds is 5. The predicted molar refractivity (Wildman–Crippen MR) is 96.3 cm³/mol. The number of sulfone groups is 1. The van der Waals surface area contributed by atoms with Crippen molar-refractivity contribution in [1.82, 2.24) is 4.90 Å². The monoisotopic (exact) mass is 427 g/mol. The summed E-state index contributed by atoms with van der Waals surface area (Å²) in [5, 5.41) is 0. The lowest BCUT2D eigenvalue weighted by molar-refractivity contribution is 0.0711. The summed E-state index contributed by atoms with van der Waals surface area (Å²) in [6, 6.07) is 10.4. The van der Waals surface area contributed by atoms with Gasteiger partial charge in [-0.2, -0.15) is 0 Å². The topological polar surface area (TPSA) is 76.8 Å². The molecular weight excluding hydrogens is 410 g/mol. The van der Waals surface area contributed by atoms with Crippen LogP contribution in [-0.4, -0.2) is 43.8 Å². The van der Waals surface area contributed by atoms with E-state index < -0.39 is 9.84 Å². The summed E-state index contributed by atoms with van der Waals surface area (Å²) in [7, 11) is -1.44. The molecule has 0 bridgehead atoms. The minimum absolute atomic E-state index is 0.00941. The van der Waals surface area contributed by atoms with Crippen molar-refractivity contribution in [3.8, 4) is 5.75 Å². The SMILES string of the molecule is CN(C(=O)c1ccc(COc2ccc(Br)cc2)o1)[C@@H]1CCS(=O)(=O)C1. The molecule has 0 radical (unpaired) electrons. The minimum atomic E-state index is -3.04. The fraction of sp³-hybridized carbons (Fsp3) is 0.353. The number of hydrogen-bond donors (Lipinski definition) is 0. The van der Waals surface area contributed by atoms with Gasteiger partial charge in [-0.05, 0) is 42.8 Å². The summed E-state index contributed by atoms with van der Waals surface area (Å²) >= 11 is 3.36. The van der Waals surface area contributed by atoms with E-state index in [0.717, 1.165) is 4.47 Å². The molecule has 0 spiro atoms. The van der Waals surface area contributed by atoms with Gasteiger partial charge in [0.2, 0.25) is 0 Å². The van der Waals surface area contributed by atoms with E-state index in [9.17, 15) is 13.2 Å². The molecule has 0 saturated carbocycles. The lowest BCUT2D eigenvalue weighted by Gasteiger charge is -2.22. The van der Waals surface area contributed by atoms with Crippen LogP contribution < -0.4 is 4.74 Å². The maximum atomic E-state index is 12.5. The Morgan fingerprint density at radius 1 is 1.28 bits per heavy atom. The van der Waals surface area contributed by atoms with E-state index in [1.165, 1.54) is 4.90 Å². The normalized spacial score (nSPS) is 18.9. The first-order chi connectivity index (χ1) is 11.8. The molecule has 1 aromatic heterocycles. The van der Waals surface area contributed by atoms with Gasteiger partial charge in [0.25, 0.3) is 5.91 Å². The molecule has 0 unspecified atom stereocenters. The molecule has 0 N–H and O–H groups in total. The number of carbonyl (C=O) groups excluding carboxylic acids is 1. The molecule has 8 heteroatoms. The van der Waals surface area contributed by atoms with Gasteiger partial charge in [0.15, 0.2) is 15.6 Å². The molecule has 1 aliphatic heterocycles. The largest absolute Gasteiger partial charge is 0.486 e. The third kappa shape index (κ3) is 4.43. The lowest BCUT2D eigenvalue weighted by Crippen LogP contribution is -2.37. The van der Waals surface area contributed by atoms with Crippen molar-refractivity contribution in [3.63, 3.8) is 0 Å². The molecule has 3 rings (SSSR count). The molecule has 1 fully saturated rings. The van der Waals surface area contributed by atoms with E-state index in [0.29, 0.717) is 17.9 Å². The zero-order valence-electron chi connectivity index (χ0n) is 13.6. The van der Waals surface area contributed by atoms with Gasteiger partial charge in [-0.3, -0.25) is 4.79 Å². The lowest BCUT2D eigenvalue weighted by atomic mass is 10.2. The van der Waals surface area contributed by atoms with Crippen LogP contribution in [0.15, 0.2) is 45.3 Å². The van der Waals surface area contributed by atoms with E-state index >= 15 is 0 Å². The second kappa shape index (κ2) is 7.21. The number of hydrogen-bond acceptors (Lipinski definition) is 5. The van der Waals surface area contributed by atoms with E-state index in [1.807, 2.05) is 24.3 Å². The summed E-state index contributed by atoms with van der Waals surface area (Å²) in [4.78, 5) is 13.9. The Bertz CT molecular complexity index is 859. The Labute approximate surface area is 154 Å². The predicted octanol–water partition coefficient (Wildman–Crippen LogP) is 2.88. The summed E-state index contributed by atoms with van der Waals surface area (Å²) < 4.78 is 35.3. The van der Waals surface area contributed by atoms with E-state index in [2.05, 4.69) is 15.9 Å². The number of carbonyl (C=O) groups is 1. The van der Waals surface area contributed by atoms with Crippen molar-refractivity contribution in [2.75, 3.05) is 18.6 Å². The molecule has 2 heterocycles. The van der Waals surface area contributed by atoms with Crippen molar-refractivity contribution in [2.45, 2.75) is 19.1 Å². The average molecular weight is 428 g/mol. The van der Waals surface area contributed by atoms with Crippen molar-refractivity contribution in [2.24, 2.45) is 0 Å². The average Bonchev–Trinajstić information content (AvgIpc) is 3.19. The Morgan fingerprint density at radius 2 is 2.00 bits per heavy atom. The standard InChI is InChI=1S/C17H18BrNO5S/c1-19(13-8-9-25(21,22)11-13)17(20)16-7-6-15(24-16)10-23-14-4-2-12(18)3-5-14/h2-7,13H,8-11H2,1H3/t13-/m1/s1. The number of amides is 1. The minimum Gasteiger partial charge on any atom is -0.486 e. The summed E-state index contributed by atoms with van der Waals surface area (Å²) in [5.74, 6) is 1.22. The molecule has 1 aliphatic rings. The van der Waals surface area contributed by atoms with Crippen LogP contribution in [0, 0.1) is 0 Å². The second-order valence-electron chi connectivity index (χ2n) is 5.98. The molecule has 0 aliphatic carbocycles. The van der Waals surface area contributed by atoms with Crippen LogP contribution in [-0.2, 0) is 16.4 Å². The third-order valence-electron chi connectivity index (χ3n) is 4.14. The summed E-state index contributed by atoms with van der Waals surface area (Å²) in [6.45, 7) is 0.205. The zero-order chi connectivity index (χ0) is 18.0. The maximum Gasteiger partial charge on any atom is 0.289 e. The van der Waals surface area contributed by atoms with Crippen molar-refractivity contribution >= 4 is 31.7 Å². The zero-order valence-corrected chi connectivity index (χ0v) is 16.0. The number of ether oxygens (including phenoxy) is 1. The molecule has 1 amide bonds. The molecule has 134 valence electrons. The number of nitrogens with zero attached hydrogens (tertiary/aromatic N) is 1. The van der Waals surface area contributed by atoms with Crippen LogP contribution in [0.3, 0.4) is 0 Å². The molecule has 6 nitrogen and oxygen atoms in total. The van der Waals surface area contributed by atoms with Gasteiger partial charge in [0.1, 0.15) is 18.1 Å². The highest BCUT2D eigenvalue weighted by Gasteiger charge is 2.33. The van der Waals surface area contributed by atoms with Gasteiger partial charge in [-0.1, -0.05) is 15.9 Å². The fourth-order valence-corrected chi connectivity index (χ4v) is 4.71. The fourth-order valence-electron chi connectivity index (χ4n) is 2.68. The Morgan fingerprint density at radius 3 is 2.64 bits per heavy atom. The third-order valence-corrected chi connectivity index (χ3v) is 6.42. The molecule has 25 heavy (non-hydrogen) atoms. The Balaban J connectivity index is 1.60. The Kier molecular flexibility index (Phi) is 5.19. The van der Waals surface area contributed by atoms with Gasteiger partial charge in [0, 0.05) is 17.6 Å². The van der Waals surface area contributed by atoms with Crippen molar-refractivity contribution in [3.05, 3.63) is 52.4 Å². The highest BCUT2D eigenvalue weighted by atomic mass is 79.9. The maximum absolute atomic E-state index is 12.5. The summed E-state index contributed by atoms with van der Waals surface area (Å²) in [5.41, 5.74) is 0. The molecule has 1 aromatic carbocycles. The van der Waals surface area contributed by atoms with Gasteiger partial charge >= 0.3 is 0 Å². The van der Waals surface area contributed by atoms with Crippen molar-refractivity contribution in [1.29, 1.82) is 0 Å². The first-order valence-electron chi connectivity index (χ1n) is 7.79. The highest BCUT2D eigenvalue weighted by Crippen LogP contribution is 2.21. The Hall–Kier alpha value is -1.80. The highest BCUT2D eigenvalue weighted by molar-refractivity contribution is 9.10. The second-order valence-corrected chi connectivity index (χ2v) is 9.13. The van der Waals surface area contributed by atoms with Crippen LogP contribution in [0.25, 0.3) is 0 Å². The quantitative estimate of drug-likeness (QED) is 0.732. The van der Waals surface area contributed by atoms with Gasteiger partial charge < -0.3 is 14.1 Å². The summed E-state index contributed by atoms with van der Waals surface area (Å²) in [6.07, 6.45) is 0.463. The van der Waals surface area contributed by atoms with Gasteiger partial charge in [-0.15, -0.1) is 0 Å². The van der Waals surface area contributed by atoms with Crippen LogP contribution in [0.1, 0.15) is 22.7 Å². The smallest absolute Gasteiger partial charge is 0.289 e. The van der Waals surface area contributed by atoms with E-state index in [1.54, 1.807) is 19.2 Å². The van der Waals surface area contributed by atoms with Crippen LogP contribution in [0.2, 0.25) is 0 Å². The van der Waals surface area contributed by atoms with Crippen LogP contribution in [0.5, 0.6) is 5.75 Å². The van der Waals surface area contributed by atoms with Gasteiger partial charge in [0.05, 0.1) is 11.5 Å². The molecule has 1 saturated heterocycles. The van der Waals surface area contributed by atoms with Crippen LogP contribution in [0.4, 0.5) is 0 Å².